The second-order valence-corrected chi connectivity index (χ2v) is 4.93. The number of esters is 1. The van der Waals surface area contributed by atoms with Gasteiger partial charge < -0.3 is 9.47 Å². The lowest BCUT2D eigenvalue weighted by Crippen LogP contribution is -2.30. The molecule has 0 bridgehead atoms. The largest absolute Gasteiger partial charge is 0.468 e. The quantitative estimate of drug-likeness (QED) is 0.822. The molecule has 0 fully saturated rings. The molecule has 1 rings (SSSR count). The van der Waals surface area contributed by atoms with E-state index in [-0.39, 0.29) is 12.4 Å². The van der Waals surface area contributed by atoms with Crippen molar-refractivity contribution in [1.82, 2.24) is 9.55 Å². The molecule has 0 aromatic carbocycles. The van der Waals surface area contributed by atoms with E-state index >= 15 is 0 Å². The van der Waals surface area contributed by atoms with Crippen LogP contribution in [0.4, 0.5) is 10.6 Å². The van der Waals surface area contributed by atoms with Crippen LogP contribution >= 0.6 is 0 Å². The van der Waals surface area contributed by atoms with Gasteiger partial charge in [0.05, 0.1) is 7.11 Å². The van der Waals surface area contributed by atoms with Gasteiger partial charge in [0.2, 0.25) is 0 Å². The first kappa shape index (κ1) is 15.7. The Morgan fingerprint density at radius 2 is 2.05 bits per heavy atom. The Balaban J connectivity index is 2.75. The Bertz CT molecular complexity index is 559. The van der Waals surface area contributed by atoms with E-state index in [1.165, 1.54) is 19.4 Å². The molecule has 0 saturated carbocycles. The zero-order valence-corrected chi connectivity index (χ0v) is 11.8. The van der Waals surface area contributed by atoms with Crippen molar-refractivity contribution in [3.63, 3.8) is 0 Å². The van der Waals surface area contributed by atoms with E-state index in [9.17, 15) is 14.4 Å². The van der Waals surface area contributed by atoms with Crippen molar-refractivity contribution >= 4 is 17.9 Å². The van der Waals surface area contributed by atoms with Crippen molar-refractivity contribution in [2.75, 3.05) is 12.4 Å². The fourth-order valence-electron chi connectivity index (χ4n) is 1.23. The third-order valence-corrected chi connectivity index (χ3v) is 2.03. The van der Waals surface area contributed by atoms with Crippen molar-refractivity contribution in [2.24, 2.45) is 0 Å². The number of aromatic nitrogens is 2. The Morgan fingerprint density at radius 1 is 1.40 bits per heavy atom. The highest BCUT2D eigenvalue weighted by atomic mass is 16.6. The third kappa shape index (κ3) is 5.09. The topological polar surface area (TPSA) is 99.5 Å². The van der Waals surface area contributed by atoms with Crippen LogP contribution in [0.5, 0.6) is 0 Å². The molecule has 1 aromatic rings. The van der Waals surface area contributed by atoms with Crippen LogP contribution in [0.15, 0.2) is 17.1 Å². The molecular weight excluding hydrogens is 266 g/mol. The summed E-state index contributed by atoms with van der Waals surface area (Å²) in [6.45, 7) is 4.91. The smallest absolute Gasteiger partial charge is 0.413 e. The summed E-state index contributed by atoms with van der Waals surface area (Å²) in [6, 6.07) is 1.38. The lowest BCUT2D eigenvalue weighted by molar-refractivity contribution is -0.141. The predicted molar refractivity (Wildman–Crippen MR) is 70.4 cm³/mol. The maximum absolute atomic E-state index is 11.6. The molecule has 0 unspecified atom stereocenters. The average Bonchev–Trinajstić information content (AvgIpc) is 2.29. The van der Waals surface area contributed by atoms with Crippen molar-refractivity contribution in [3.8, 4) is 0 Å². The summed E-state index contributed by atoms with van der Waals surface area (Å²) in [5.74, 6) is -0.521. The predicted octanol–water partition coefficient (Wildman–Crippen LogP) is 0.763. The van der Waals surface area contributed by atoms with Crippen LogP contribution < -0.4 is 11.0 Å². The van der Waals surface area contributed by atoms with Crippen molar-refractivity contribution in [3.05, 3.63) is 22.7 Å². The van der Waals surface area contributed by atoms with Gasteiger partial charge in [0, 0.05) is 6.20 Å². The van der Waals surface area contributed by atoms with Gasteiger partial charge in [-0.2, -0.15) is 4.98 Å². The molecular formula is C12H17N3O5. The Kier molecular flexibility index (Phi) is 4.84. The molecule has 1 heterocycles. The number of ether oxygens (including phenoxy) is 2. The number of amides is 1. The molecule has 8 nitrogen and oxygen atoms in total. The normalized spacial score (nSPS) is 10.8. The number of carbonyl (C=O) groups excluding carboxylic acids is 2. The zero-order chi connectivity index (χ0) is 15.3. The standard InChI is InChI=1S/C12H17N3O5/c1-12(2,3)20-11(18)14-8-5-6-15(10(17)13-8)7-9(16)19-4/h5-6H,7H2,1-4H3,(H,13,14,17,18). The average molecular weight is 283 g/mol. The molecule has 1 aromatic heterocycles. The maximum atomic E-state index is 11.6. The van der Waals surface area contributed by atoms with Gasteiger partial charge in [-0.25, -0.2) is 9.59 Å². The first-order valence-electron chi connectivity index (χ1n) is 5.85. The molecule has 110 valence electrons. The molecule has 8 heteroatoms. The van der Waals surface area contributed by atoms with Crippen LogP contribution in [-0.4, -0.2) is 34.3 Å². The molecule has 20 heavy (non-hydrogen) atoms. The number of anilines is 1. The van der Waals surface area contributed by atoms with Gasteiger partial charge in [-0.1, -0.05) is 0 Å². The molecule has 0 atom stereocenters. The first-order chi connectivity index (χ1) is 9.21. The van der Waals surface area contributed by atoms with Gasteiger partial charge in [-0.15, -0.1) is 0 Å². The van der Waals surface area contributed by atoms with Crippen molar-refractivity contribution < 1.29 is 19.1 Å². The zero-order valence-electron chi connectivity index (χ0n) is 11.8. The minimum atomic E-state index is -0.713. The van der Waals surface area contributed by atoms with E-state index in [1.54, 1.807) is 20.8 Å². The molecule has 0 saturated heterocycles. The van der Waals surface area contributed by atoms with Crippen LogP contribution in [0.3, 0.4) is 0 Å². The summed E-state index contributed by atoms with van der Waals surface area (Å²) in [6.07, 6.45) is 0.619. The highest BCUT2D eigenvalue weighted by Crippen LogP contribution is 2.08. The first-order valence-corrected chi connectivity index (χ1v) is 5.85. The van der Waals surface area contributed by atoms with Crippen LogP contribution in [0, 0.1) is 0 Å². The number of nitrogens with one attached hydrogen (secondary N) is 1. The Labute approximate surface area is 115 Å². The molecule has 0 aliphatic heterocycles. The van der Waals surface area contributed by atoms with Crippen molar-refractivity contribution in [1.29, 1.82) is 0 Å². The van der Waals surface area contributed by atoms with Gasteiger partial charge in [-0.3, -0.25) is 14.7 Å². The molecule has 0 aliphatic carbocycles. The van der Waals surface area contributed by atoms with E-state index in [4.69, 9.17) is 4.74 Å². The Hall–Kier alpha value is -2.38. The Morgan fingerprint density at radius 3 is 2.55 bits per heavy atom. The summed E-state index contributed by atoms with van der Waals surface area (Å²) >= 11 is 0. The molecule has 1 amide bonds. The highest BCUT2D eigenvalue weighted by molar-refractivity contribution is 5.83. The highest BCUT2D eigenvalue weighted by Gasteiger charge is 2.16. The van der Waals surface area contributed by atoms with E-state index in [1.807, 2.05) is 0 Å². The van der Waals surface area contributed by atoms with Crippen LogP contribution in [-0.2, 0) is 20.8 Å². The lowest BCUT2D eigenvalue weighted by atomic mass is 10.2. The summed E-state index contributed by atoms with van der Waals surface area (Å²) in [5, 5.41) is 2.33. The maximum Gasteiger partial charge on any atom is 0.413 e. The molecule has 0 aliphatic rings. The fourth-order valence-corrected chi connectivity index (χ4v) is 1.23. The SMILES string of the molecule is COC(=O)Cn1ccc(NC(=O)OC(C)(C)C)nc1=O. The second kappa shape index (κ2) is 6.18. The minimum Gasteiger partial charge on any atom is -0.468 e. The number of nitrogens with zero attached hydrogens (tertiary/aromatic N) is 2. The molecule has 1 N–H and O–H groups in total. The van der Waals surface area contributed by atoms with E-state index in [0.717, 1.165) is 4.57 Å². The monoisotopic (exact) mass is 283 g/mol. The van der Waals surface area contributed by atoms with Gasteiger partial charge in [-0.05, 0) is 26.8 Å². The van der Waals surface area contributed by atoms with Crippen LogP contribution in [0.25, 0.3) is 0 Å². The molecule has 0 spiro atoms. The van der Waals surface area contributed by atoms with E-state index < -0.39 is 23.4 Å². The number of hydrogen-bond acceptors (Lipinski definition) is 6. The second-order valence-electron chi connectivity index (χ2n) is 4.93. The van der Waals surface area contributed by atoms with E-state index in [2.05, 4.69) is 15.0 Å². The van der Waals surface area contributed by atoms with Gasteiger partial charge in [0.15, 0.2) is 0 Å². The molecule has 0 radical (unpaired) electrons. The van der Waals surface area contributed by atoms with Crippen LogP contribution in [0.1, 0.15) is 20.8 Å². The summed E-state index contributed by atoms with van der Waals surface area (Å²) in [4.78, 5) is 37.8. The summed E-state index contributed by atoms with van der Waals surface area (Å²) < 4.78 is 10.5. The number of carbonyl (C=O) groups is 2. The van der Waals surface area contributed by atoms with Gasteiger partial charge in [0.1, 0.15) is 18.0 Å². The number of methoxy groups -OCH3 is 1. The lowest BCUT2D eigenvalue weighted by Gasteiger charge is -2.19. The number of rotatable bonds is 3. The van der Waals surface area contributed by atoms with Gasteiger partial charge >= 0.3 is 17.8 Å². The summed E-state index contributed by atoms with van der Waals surface area (Å²) in [7, 11) is 1.22. The third-order valence-electron chi connectivity index (χ3n) is 2.03. The summed E-state index contributed by atoms with van der Waals surface area (Å²) in [5.41, 5.74) is -1.33. The van der Waals surface area contributed by atoms with Gasteiger partial charge in [0.25, 0.3) is 0 Å². The van der Waals surface area contributed by atoms with Crippen LogP contribution in [0.2, 0.25) is 0 Å². The van der Waals surface area contributed by atoms with E-state index in [0.29, 0.717) is 0 Å². The number of hydrogen-bond donors (Lipinski definition) is 1. The fraction of sp³-hybridized carbons (Fsp3) is 0.500. The van der Waals surface area contributed by atoms with Crippen molar-refractivity contribution in [2.45, 2.75) is 32.9 Å². The minimum absolute atomic E-state index is 0.0466.